The highest BCUT2D eigenvalue weighted by atomic mass is 28.3. The lowest BCUT2D eigenvalue weighted by molar-refractivity contribution is 0.226. The van der Waals surface area contributed by atoms with Gasteiger partial charge in [0.25, 0.3) is 6.43 Å². The van der Waals surface area contributed by atoms with Gasteiger partial charge in [-0.05, 0) is 24.3 Å². The molecule has 5 heteroatoms. The molecule has 0 saturated carbocycles. The van der Waals surface area contributed by atoms with E-state index in [1.165, 1.54) is 5.19 Å². The third-order valence-electron chi connectivity index (χ3n) is 3.58. The monoisotopic (exact) mass is 333 g/mol. The summed E-state index contributed by atoms with van der Waals surface area (Å²) in [7, 11) is 0.114. The van der Waals surface area contributed by atoms with Gasteiger partial charge in [0.15, 0.2) is 0 Å². The van der Waals surface area contributed by atoms with Crippen molar-refractivity contribution in [3.8, 4) is 5.75 Å². The molecule has 0 aromatic heterocycles. The maximum absolute atomic E-state index is 13.4. The Morgan fingerprint density at radius 2 is 1.52 bits per heavy atom. The molecule has 0 amide bonds. The first-order chi connectivity index (χ1) is 10.8. The first-order valence-corrected chi connectivity index (χ1v) is 10.9. The molecule has 0 spiro atoms. The van der Waals surface area contributed by atoms with Gasteiger partial charge in [0.05, 0.1) is 20.9 Å². The Hall–Kier alpha value is -2.01. The third-order valence-corrected chi connectivity index (χ3v) is 5.64. The molecule has 0 atom stereocenters. The van der Waals surface area contributed by atoms with Crippen LogP contribution in [0.25, 0.3) is 0 Å². The van der Waals surface area contributed by atoms with Crippen LogP contribution in [-0.2, 0) is 0 Å². The van der Waals surface area contributed by atoms with E-state index in [2.05, 4.69) is 24.6 Å². The van der Waals surface area contributed by atoms with E-state index in [1.54, 1.807) is 43.5 Å². The second-order valence-electron chi connectivity index (χ2n) is 6.32. The zero-order valence-corrected chi connectivity index (χ0v) is 14.8. The van der Waals surface area contributed by atoms with Crippen LogP contribution in [0.15, 0.2) is 53.5 Å². The number of methoxy groups -OCH3 is 1. The molecule has 0 heterocycles. The van der Waals surface area contributed by atoms with Gasteiger partial charge in [-0.15, -0.1) is 0 Å². The molecular formula is C18H21F2NOSi. The van der Waals surface area contributed by atoms with Gasteiger partial charge in [0, 0.05) is 5.56 Å². The quantitative estimate of drug-likeness (QED) is 0.577. The number of nitrogens with zero attached hydrogens (tertiary/aromatic N) is 1. The summed E-state index contributed by atoms with van der Waals surface area (Å²) in [6.07, 6.45) is -2.63. The molecule has 0 bridgehead atoms. The van der Waals surface area contributed by atoms with E-state index in [0.29, 0.717) is 17.0 Å². The van der Waals surface area contributed by atoms with Crippen molar-refractivity contribution in [1.29, 1.82) is 0 Å². The van der Waals surface area contributed by atoms with Gasteiger partial charge >= 0.3 is 0 Å². The fraction of sp³-hybridized carbons (Fsp3) is 0.278. The first kappa shape index (κ1) is 17.3. The predicted octanol–water partition coefficient (Wildman–Crippen LogP) is 4.63. The highest BCUT2D eigenvalue weighted by Crippen LogP contribution is 2.21. The van der Waals surface area contributed by atoms with Gasteiger partial charge in [-0.1, -0.05) is 49.1 Å². The summed E-state index contributed by atoms with van der Waals surface area (Å²) in [4.78, 5) is 4.12. The molecule has 0 unspecified atom stereocenters. The summed E-state index contributed by atoms with van der Waals surface area (Å²) in [5, 5.41) is 1.24. The molecule has 0 saturated heterocycles. The fourth-order valence-electron chi connectivity index (χ4n) is 2.18. The molecule has 0 aliphatic carbocycles. The van der Waals surface area contributed by atoms with Gasteiger partial charge < -0.3 is 4.74 Å². The fourth-order valence-corrected chi connectivity index (χ4v) is 3.34. The molecule has 23 heavy (non-hydrogen) atoms. The minimum Gasteiger partial charge on any atom is -0.497 e. The lowest BCUT2D eigenvalue weighted by Crippen LogP contribution is -2.37. The van der Waals surface area contributed by atoms with Gasteiger partial charge in [0.2, 0.25) is 0 Å². The van der Waals surface area contributed by atoms with Crippen molar-refractivity contribution < 1.29 is 13.5 Å². The Bertz CT molecular complexity index is 674. The van der Waals surface area contributed by atoms with E-state index in [1.807, 2.05) is 12.1 Å². The third kappa shape index (κ3) is 4.48. The largest absolute Gasteiger partial charge is 0.497 e. The van der Waals surface area contributed by atoms with E-state index in [0.717, 1.165) is 0 Å². The molecular weight excluding hydrogens is 312 g/mol. The lowest BCUT2D eigenvalue weighted by atomic mass is 10.1. The van der Waals surface area contributed by atoms with E-state index < -0.39 is 14.5 Å². The highest BCUT2D eigenvalue weighted by Gasteiger charge is 2.19. The number of hydrogen-bond acceptors (Lipinski definition) is 2. The van der Waals surface area contributed by atoms with Gasteiger partial charge in [-0.25, -0.2) is 13.8 Å². The molecule has 0 fully saturated rings. The van der Waals surface area contributed by atoms with Crippen molar-refractivity contribution in [1.82, 2.24) is 0 Å². The van der Waals surface area contributed by atoms with Crippen molar-refractivity contribution in [3.05, 3.63) is 54.1 Å². The Balaban J connectivity index is 2.35. The summed E-state index contributed by atoms with van der Waals surface area (Å²) < 4.78 is 31.9. The summed E-state index contributed by atoms with van der Waals surface area (Å²) in [5.74, 6) is 0.669. The molecule has 0 radical (unpaired) electrons. The maximum Gasteiger partial charge on any atom is 0.280 e. The van der Waals surface area contributed by atoms with E-state index >= 15 is 0 Å². The zero-order valence-electron chi connectivity index (χ0n) is 13.8. The Morgan fingerprint density at radius 1 is 0.957 bits per heavy atom. The van der Waals surface area contributed by atoms with Crippen molar-refractivity contribution in [2.45, 2.75) is 26.1 Å². The van der Waals surface area contributed by atoms with Crippen molar-refractivity contribution in [2.24, 2.45) is 4.99 Å². The molecule has 2 aromatic carbocycles. The van der Waals surface area contributed by atoms with Crippen LogP contribution in [0.3, 0.4) is 0 Å². The van der Waals surface area contributed by atoms with Crippen molar-refractivity contribution in [3.63, 3.8) is 0 Å². The first-order valence-electron chi connectivity index (χ1n) is 7.43. The molecule has 0 aliphatic rings. The van der Waals surface area contributed by atoms with E-state index in [9.17, 15) is 8.78 Å². The van der Waals surface area contributed by atoms with E-state index in [4.69, 9.17) is 4.74 Å². The Kier molecular flexibility index (Phi) is 5.31. The summed E-state index contributed by atoms with van der Waals surface area (Å²) >= 11 is 0. The number of benzene rings is 2. The standard InChI is InChI=1S/C18H21F2NOSi/c1-22-15-9-7-14(8-10-15)21-17(18(19)20)13-5-11-16(12-6-13)23(2,3)4/h5-12,18H,1-4H3. The predicted molar refractivity (Wildman–Crippen MR) is 94.6 cm³/mol. The number of alkyl halides is 2. The highest BCUT2D eigenvalue weighted by molar-refractivity contribution is 6.88. The van der Waals surface area contributed by atoms with Crippen LogP contribution in [0.1, 0.15) is 5.56 Å². The van der Waals surface area contributed by atoms with Gasteiger partial charge in [0.1, 0.15) is 11.5 Å². The zero-order chi connectivity index (χ0) is 17.0. The van der Waals surface area contributed by atoms with Crippen LogP contribution in [0.4, 0.5) is 14.5 Å². The Labute approximate surface area is 136 Å². The number of rotatable bonds is 5. The van der Waals surface area contributed by atoms with Crippen LogP contribution >= 0.6 is 0 Å². The molecule has 0 N–H and O–H groups in total. The molecule has 2 aromatic rings. The van der Waals surface area contributed by atoms with Crippen molar-refractivity contribution in [2.75, 3.05) is 7.11 Å². The summed E-state index contributed by atoms with van der Waals surface area (Å²) in [6.45, 7) is 6.67. The summed E-state index contributed by atoms with van der Waals surface area (Å²) in [5.41, 5.74) is 0.727. The molecule has 0 aliphatic heterocycles. The van der Waals surface area contributed by atoms with Crippen molar-refractivity contribution >= 4 is 24.7 Å². The average molecular weight is 333 g/mol. The van der Waals surface area contributed by atoms with Gasteiger partial charge in [-0.2, -0.15) is 0 Å². The van der Waals surface area contributed by atoms with Crippen LogP contribution in [0.2, 0.25) is 19.6 Å². The van der Waals surface area contributed by atoms with Crippen LogP contribution in [0, 0.1) is 0 Å². The van der Waals surface area contributed by atoms with Crippen LogP contribution < -0.4 is 9.92 Å². The molecule has 2 nitrogen and oxygen atoms in total. The number of hydrogen-bond donors (Lipinski definition) is 0. The van der Waals surface area contributed by atoms with Crippen LogP contribution in [0.5, 0.6) is 5.75 Å². The average Bonchev–Trinajstić information content (AvgIpc) is 2.52. The SMILES string of the molecule is COc1ccc(N=C(c2ccc([Si](C)(C)C)cc2)C(F)F)cc1. The number of aliphatic imine (C=N–C) groups is 1. The Morgan fingerprint density at radius 3 is 1.96 bits per heavy atom. The smallest absolute Gasteiger partial charge is 0.280 e. The number of halogens is 2. The molecule has 122 valence electrons. The number of ether oxygens (including phenoxy) is 1. The van der Waals surface area contributed by atoms with E-state index in [-0.39, 0.29) is 5.71 Å². The normalized spacial score (nSPS) is 12.6. The second-order valence-corrected chi connectivity index (χ2v) is 11.4. The lowest BCUT2D eigenvalue weighted by Gasteiger charge is -2.17. The van der Waals surface area contributed by atoms with Gasteiger partial charge in [-0.3, -0.25) is 0 Å². The minimum absolute atomic E-state index is 0.211. The summed E-state index contributed by atoms with van der Waals surface area (Å²) in [6, 6.07) is 14.1. The van der Waals surface area contributed by atoms with Crippen LogP contribution in [-0.4, -0.2) is 27.3 Å². The topological polar surface area (TPSA) is 21.6 Å². The maximum atomic E-state index is 13.4. The molecule has 2 rings (SSSR count). The second kappa shape index (κ2) is 7.04. The minimum atomic E-state index is -2.63.